The number of nitrogens with one attached hydrogen (secondary N) is 1. The van der Waals surface area contributed by atoms with Crippen molar-refractivity contribution in [3.63, 3.8) is 0 Å². The van der Waals surface area contributed by atoms with Crippen molar-refractivity contribution in [2.75, 3.05) is 6.54 Å². The van der Waals surface area contributed by atoms with E-state index in [9.17, 15) is 15.2 Å². The van der Waals surface area contributed by atoms with Crippen LogP contribution in [-0.4, -0.2) is 38.5 Å². The second-order valence-electron chi connectivity index (χ2n) is 6.75. The van der Waals surface area contributed by atoms with Gasteiger partial charge in [-0.25, -0.2) is 0 Å². The second kappa shape index (κ2) is 4.78. The SMILES string of the molecule is O=[N+]([O-])c1cnn(CC(O)CNC2C3C4CCC(C4)C23)c1. The maximum atomic E-state index is 10.6. The van der Waals surface area contributed by atoms with Crippen molar-refractivity contribution in [1.29, 1.82) is 0 Å². The zero-order valence-electron chi connectivity index (χ0n) is 11.8. The molecule has 0 radical (unpaired) electrons. The zero-order chi connectivity index (χ0) is 14.6. The Morgan fingerprint density at radius 1 is 1.48 bits per heavy atom. The Morgan fingerprint density at radius 2 is 2.19 bits per heavy atom. The van der Waals surface area contributed by atoms with Crippen LogP contribution in [0.25, 0.3) is 0 Å². The number of aromatic nitrogens is 2. The molecule has 0 spiro atoms. The van der Waals surface area contributed by atoms with Gasteiger partial charge in [-0.15, -0.1) is 0 Å². The monoisotopic (exact) mass is 292 g/mol. The lowest BCUT2D eigenvalue weighted by Gasteiger charge is -2.14. The highest BCUT2D eigenvalue weighted by atomic mass is 16.6. The second-order valence-corrected chi connectivity index (χ2v) is 6.75. The number of hydrogen-bond acceptors (Lipinski definition) is 5. The number of nitro groups is 1. The van der Waals surface area contributed by atoms with Gasteiger partial charge >= 0.3 is 5.69 Å². The topological polar surface area (TPSA) is 93.2 Å². The molecular formula is C14H20N4O3. The normalized spacial score (nSPS) is 37.5. The number of rotatable bonds is 6. The molecule has 0 saturated heterocycles. The van der Waals surface area contributed by atoms with Gasteiger partial charge in [0, 0.05) is 12.6 Å². The van der Waals surface area contributed by atoms with Crippen LogP contribution < -0.4 is 5.32 Å². The van der Waals surface area contributed by atoms with Gasteiger partial charge < -0.3 is 10.4 Å². The molecule has 5 unspecified atom stereocenters. The summed E-state index contributed by atoms with van der Waals surface area (Å²) in [5, 5.41) is 28.0. The van der Waals surface area contributed by atoms with E-state index < -0.39 is 11.0 Å². The summed E-state index contributed by atoms with van der Waals surface area (Å²) in [6.45, 7) is 0.820. The molecule has 3 saturated carbocycles. The average molecular weight is 292 g/mol. The third kappa shape index (κ3) is 2.24. The van der Waals surface area contributed by atoms with Crippen molar-refractivity contribution >= 4 is 5.69 Å². The minimum atomic E-state index is -0.566. The number of fused-ring (bicyclic) bond motifs is 5. The lowest BCUT2D eigenvalue weighted by Crippen LogP contribution is -2.34. The van der Waals surface area contributed by atoms with Crippen molar-refractivity contribution in [3.05, 3.63) is 22.5 Å². The average Bonchev–Trinajstić information content (AvgIpc) is 2.87. The molecule has 0 aromatic carbocycles. The molecule has 3 fully saturated rings. The van der Waals surface area contributed by atoms with Crippen LogP contribution in [0, 0.1) is 33.8 Å². The third-order valence-corrected chi connectivity index (χ3v) is 5.55. The summed E-state index contributed by atoms with van der Waals surface area (Å²) in [6.07, 6.45) is 6.21. The Kier molecular flexibility index (Phi) is 3.00. The molecule has 1 heterocycles. The molecule has 2 N–H and O–H groups in total. The minimum Gasteiger partial charge on any atom is -0.390 e. The van der Waals surface area contributed by atoms with Crippen LogP contribution in [0.15, 0.2) is 12.4 Å². The fourth-order valence-electron chi connectivity index (χ4n) is 4.70. The van der Waals surface area contributed by atoms with Gasteiger partial charge in [0.25, 0.3) is 0 Å². The number of nitrogens with zero attached hydrogens (tertiary/aromatic N) is 3. The van der Waals surface area contributed by atoms with Gasteiger partial charge in [0.1, 0.15) is 12.4 Å². The Balaban J connectivity index is 1.25. The lowest BCUT2D eigenvalue weighted by molar-refractivity contribution is -0.385. The van der Waals surface area contributed by atoms with Crippen LogP contribution in [-0.2, 0) is 6.54 Å². The Morgan fingerprint density at radius 3 is 2.81 bits per heavy atom. The lowest BCUT2D eigenvalue weighted by atomic mass is 10.0. The maximum absolute atomic E-state index is 10.6. The van der Waals surface area contributed by atoms with E-state index in [1.165, 1.54) is 36.3 Å². The number of aliphatic hydroxyl groups excluding tert-OH is 1. The fraction of sp³-hybridized carbons (Fsp3) is 0.786. The van der Waals surface area contributed by atoms with E-state index in [1.807, 2.05) is 0 Å². The van der Waals surface area contributed by atoms with Crippen molar-refractivity contribution in [2.45, 2.75) is 38.0 Å². The highest BCUT2D eigenvalue weighted by Gasteiger charge is 2.64. The van der Waals surface area contributed by atoms with Crippen LogP contribution in [0.2, 0.25) is 0 Å². The van der Waals surface area contributed by atoms with Crippen molar-refractivity contribution in [1.82, 2.24) is 15.1 Å². The summed E-state index contributed by atoms with van der Waals surface area (Å²) in [6, 6.07) is 0.595. The molecule has 3 aliphatic carbocycles. The molecule has 0 aliphatic heterocycles. The van der Waals surface area contributed by atoms with Crippen molar-refractivity contribution < 1.29 is 10.0 Å². The van der Waals surface area contributed by atoms with Gasteiger partial charge in [0.15, 0.2) is 0 Å². The summed E-state index contributed by atoms with van der Waals surface area (Å²) in [7, 11) is 0. The molecule has 5 atom stereocenters. The number of hydrogen-bond donors (Lipinski definition) is 2. The van der Waals surface area contributed by atoms with Crippen LogP contribution >= 0.6 is 0 Å². The molecule has 2 bridgehead atoms. The van der Waals surface area contributed by atoms with E-state index in [0.29, 0.717) is 12.6 Å². The summed E-state index contributed by atoms with van der Waals surface area (Å²) in [4.78, 5) is 10.1. The van der Waals surface area contributed by atoms with Gasteiger partial charge in [-0.1, -0.05) is 0 Å². The van der Waals surface area contributed by atoms with E-state index >= 15 is 0 Å². The Labute approximate surface area is 122 Å². The van der Waals surface area contributed by atoms with Gasteiger partial charge in [0.2, 0.25) is 0 Å². The molecule has 4 rings (SSSR count). The fourth-order valence-corrected chi connectivity index (χ4v) is 4.70. The standard InChI is InChI=1S/C14H20N4O3/c19-11(7-17-6-10(4-16-17)18(20)21)5-15-14-12-8-1-2-9(3-8)13(12)14/h4,6,8-9,11-15,19H,1-3,5,7H2. The largest absolute Gasteiger partial charge is 0.390 e. The van der Waals surface area contributed by atoms with E-state index in [1.54, 1.807) is 0 Å². The molecule has 7 heteroatoms. The predicted octanol–water partition coefficient (Wildman–Crippen LogP) is 0.786. The predicted molar refractivity (Wildman–Crippen MR) is 74.5 cm³/mol. The Bertz CT molecular complexity index is 544. The molecular weight excluding hydrogens is 272 g/mol. The quantitative estimate of drug-likeness (QED) is 0.597. The van der Waals surface area contributed by atoms with E-state index in [2.05, 4.69) is 10.4 Å². The third-order valence-electron chi connectivity index (χ3n) is 5.55. The van der Waals surface area contributed by atoms with Crippen molar-refractivity contribution in [3.8, 4) is 0 Å². The molecule has 7 nitrogen and oxygen atoms in total. The Hall–Kier alpha value is -1.47. The first-order valence-electron chi connectivity index (χ1n) is 7.72. The summed E-state index contributed by atoms with van der Waals surface area (Å²) >= 11 is 0. The van der Waals surface area contributed by atoms with Crippen LogP contribution in [0.3, 0.4) is 0 Å². The maximum Gasteiger partial charge on any atom is 0.306 e. The minimum absolute atomic E-state index is 0.0385. The molecule has 21 heavy (non-hydrogen) atoms. The van der Waals surface area contributed by atoms with Crippen molar-refractivity contribution in [2.24, 2.45) is 23.7 Å². The molecule has 1 aromatic rings. The molecule has 3 aliphatic rings. The highest BCUT2D eigenvalue weighted by Crippen LogP contribution is 2.65. The van der Waals surface area contributed by atoms with Crippen LogP contribution in [0.1, 0.15) is 19.3 Å². The van der Waals surface area contributed by atoms with Gasteiger partial charge in [0.05, 0.1) is 17.6 Å². The van der Waals surface area contributed by atoms with E-state index in [0.717, 1.165) is 23.7 Å². The highest BCUT2D eigenvalue weighted by molar-refractivity contribution is 5.20. The first kappa shape index (κ1) is 13.2. The first-order valence-corrected chi connectivity index (χ1v) is 7.72. The molecule has 1 aromatic heterocycles. The first-order chi connectivity index (χ1) is 10.1. The van der Waals surface area contributed by atoms with Crippen LogP contribution in [0.5, 0.6) is 0 Å². The summed E-state index contributed by atoms with van der Waals surface area (Å²) in [5.41, 5.74) is -0.0385. The van der Waals surface area contributed by atoms with Crippen LogP contribution in [0.4, 0.5) is 5.69 Å². The molecule has 0 amide bonds. The summed E-state index contributed by atoms with van der Waals surface area (Å²) in [5.74, 6) is 3.54. The smallest absolute Gasteiger partial charge is 0.306 e. The number of aliphatic hydroxyl groups is 1. The zero-order valence-corrected chi connectivity index (χ0v) is 11.8. The molecule has 114 valence electrons. The van der Waals surface area contributed by atoms with Gasteiger partial charge in [-0.3, -0.25) is 14.8 Å². The summed E-state index contributed by atoms with van der Waals surface area (Å²) < 4.78 is 1.43. The van der Waals surface area contributed by atoms with Gasteiger partial charge in [-0.05, 0) is 42.9 Å². The van der Waals surface area contributed by atoms with E-state index in [-0.39, 0.29) is 12.2 Å². The van der Waals surface area contributed by atoms with E-state index in [4.69, 9.17) is 0 Å². The van der Waals surface area contributed by atoms with Gasteiger partial charge in [-0.2, -0.15) is 5.10 Å².